The van der Waals surface area contributed by atoms with E-state index < -0.39 is 10.0 Å². The number of fused-ring (bicyclic) bond motifs is 1. The zero-order valence-corrected chi connectivity index (χ0v) is 17.7. The molecule has 156 valence electrons. The maximum absolute atomic E-state index is 12.5. The zero-order chi connectivity index (χ0) is 21.0. The third kappa shape index (κ3) is 5.71. The molecular weight excluding hydrogens is 392 g/mol. The highest BCUT2D eigenvalue weighted by molar-refractivity contribution is 7.88. The number of ether oxygens (including phenoxy) is 2. The first-order chi connectivity index (χ1) is 13.7. The van der Waals surface area contributed by atoms with E-state index in [9.17, 15) is 13.2 Å². The van der Waals surface area contributed by atoms with Gasteiger partial charge in [0, 0.05) is 6.54 Å². The second kappa shape index (κ2) is 8.84. The van der Waals surface area contributed by atoms with Gasteiger partial charge in [-0.1, -0.05) is 35.9 Å². The van der Waals surface area contributed by atoms with Gasteiger partial charge in [0.1, 0.15) is 13.2 Å². The first-order valence-electron chi connectivity index (χ1n) is 9.42. The summed E-state index contributed by atoms with van der Waals surface area (Å²) >= 11 is 0. The lowest BCUT2D eigenvalue weighted by Crippen LogP contribution is -2.40. The third-order valence-electron chi connectivity index (χ3n) is 4.71. The van der Waals surface area contributed by atoms with Gasteiger partial charge in [-0.3, -0.25) is 4.79 Å². The molecular formula is C21H26N2O5S. The lowest BCUT2D eigenvalue weighted by Gasteiger charge is -2.23. The van der Waals surface area contributed by atoms with Gasteiger partial charge in [0.2, 0.25) is 15.9 Å². The molecule has 0 unspecified atom stereocenters. The number of nitrogens with one attached hydrogen (secondary N) is 1. The number of hydrogen-bond donors (Lipinski definition) is 1. The van der Waals surface area contributed by atoms with Crippen LogP contribution in [-0.4, -0.2) is 44.6 Å². The number of sulfonamides is 1. The normalized spacial score (nSPS) is 14.5. The second-order valence-electron chi connectivity index (χ2n) is 7.21. The quantitative estimate of drug-likeness (QED) is 0.746. The molecule has 8 heteroatoms. The Labute approximate surface area is 171 Å². The fourth-order valence-corrected chi connectivity index (χ4v) is 3.78. The number of hydrogen-bond acceptors (Lipinski definition) is 5. The van der Waals surface area contributed by atoms with Crippen LogP contribution in [0.3, 0.4) is 0 Å². The molecule has 0 bridgehead atoms. The number of benzene rings is 2. The van der Waals surface area contributed by atoms with Crippen molar-refractivity contribution < 1.29 is 22.7 Å². The van der Waals surface area contributed by atoms with Crippen LogP contribution in [0, 0.1) is 6.92 Å². The van der Waals surface area contributed by atoms with Gasteiger partial charge in [0.15, 0.2) is 11.5 Å². The van der Waals surface area contributed by atoms with Crippen LogP contribution in [0.15, 0.2) is 42.5 Å². The van der Waals surface area contributed by atoms with Crippen molar-refractivity contribution in [2.24, 2.45) is 0 Å². The number of rotatable bonds is 7. The first kappa shape index (κ1) is 21.1. The van der Waals surface area contributed by atoms with E-state index in [4.69, 9.17) is 9.47 Å². The average Bonchev–Trinajstić information content (AvgIpc) is 2.68. The molecule has 1 aliphatic rings. The minimum absolute atomic E-state index is 0.144. The van der Waals surface area contributed by atoms with E-state index >= 15 is 0 Å². The molecule has 0 saturated carbocycles. The zero-order valence-electron chi connectivity index (χ0n) is 16.8. The topological polar surface area (TPSA) is 84.9 Å². The van der Waals surface area contributed by atoms with Crippen LogP contribution in [0.5, 0.6) is 11.5 Å². The highest BCUT2D eigenvalue weighted by Gasteiger charge is 2.22. The van der Waals surface area contributed by atoms with Crippen LogP contribution in [0.1, 0.15) is 29.7 Å². The largest absolute Gasteiger partial charge is 0.486 e. The van der Waals surface area contributed by atoms with E-state index in [2.05, 4.69) is 5.32 Å². The van der Waals surface area contributed by atoms with Crippen molar-refractivity contribution in [3.63, 3.8) is 0 Å². The Morgan fingerprint density at radius 1 is 1.10 bits per heavy atom. The Morgan fingerprint density at radius 2 is 1.76 bits per heavy atom. The van der Waals surface area contributed by atoms with Gasteiger partial charge in [-0.25, -0.2) is 8.42 Å². The van der Waals surface area contributed by atoms with Crippen molar-refractivity contribution >= 4 is 15.9 Å². The second-order valence-corrected chi connectivity index (χ2v) is 9.19. The molecule has 0 aliphatic carbocycles. The van der Waals surface area contributed by atoms with E-state index in [-0.39, 0.29) is 25.0 Å². The van der Waals surface area contributed by atoms with Gasteiger partial charge < -0.3 is 14.8 Å². The number of amides is 1. The molecule has 1 amide bonds. The van der Waals surface area contributed by atoms with Gasteiger partial charge >= 0.3 is 0 Å². The monoisotopic (exact) mass is 418 g/mol. The molecule has 3 rings (SSSR count). The van der Waals surface area contributed by atoms with E-state index in [0.717, 1.165) is 22.9 Å². The number of aryl methyl sites for hydroxylation is 1. The Morgan fingerprint density at radius 3 is 2.41 bits per heavy atom. The highest BCUT2D eigenvalue weighted by atomic mass is 32.2. The molecule has 0 radical (unpaired) electrons. The summed E-state index contributed by atoms with van der Waals surface area (Å²) < 4.78 is 36.6. The first-order valence-corrected chi connectivity index (χ1v) is 11.3. The molecule has 2 aromatic carbocycles. The van der Waals surface area contributed by atoms with E-state index in [1.807, 2.05) is 56.3 Å². The summed E-state index contributed by atoms with van der Waals surface area (Å²) in [7, 11) is -3.54. The summed E-state index contributed by atoms with van der Waals surface area (Å²) in [5.74, 6) is 0.955. The fourth-order valence-electron chi connectivity index (χ4n) is 3.05. The smallest absolute Gasteiger partial charge is 0.235 e. The van der Waals surface area contributed by atoms with Crippen LogP contribution in [0.2, 0.25) is 0 Å². The average molecular weight is 419 g/mol. The molecule has 7 nitrogen and oxygen atoms in total. The highest BCUT2D eigenvalue weighted by Crippen LogP contribution is 2.32. The molecule has 29 heavy (non-hydrogen) atoms. The minimum Gasteiger partial charge on any atom is -0.486 e. The lowest BCUT2D eigenvalue weighted by molar-refractivity contribution is -0.122. The van der Waals surface area contributed by atoms with Crippen molar-refractivity contribution in [3.8, 4) is 11.5 Å². The molecule has 1 atom stereocenters. The van der Waals surface area contributed by atoms with E-state index in [1.54, 1.807) is 0 Å². The molecule has 0 aromatic heterocycles. The summed E-state index contributed by atoms with van der Waals surface area (Å²) in [6, 6.07) is 12.8. The number of nitrogens with zero attached hydrogens (tertiary/aromatic N) is 1. The lowest BCUT2D eigenvalue weighted by atomic mass is 10.1. The van der Waals surface area contributed by atoms with Crippen molar-refractivity contribution in [2.45, 2.75) is 26.4 Å². The molecule has 2 aromatic rings. The van der Waals surface area contributed by atoms with E-state index in [1.165, 1.54) is 4.31 Å². The standard InChI is InChI=1S/C21H26N2O5S/c1-15-4-6-17(7-5-15)13-23(29(3,25)26)14-21(24)22-16(2)18-8-9-19-20(12-18)28-11-10-27-19/h4-9,12,16H,10-11,13-14H2,1-3H3,(H,22,24)/t16-/m1/s1. The summed E-state index contributed by atoms with van der Waals surface area (Å²) in [5, 5.41) is 2.86. The molecule has 1 heterocycles. The molecule has 1 aliphatic heterocycles. The maximum Gasteiger partial charge on any atom is 0.235 e. The Hall–Kier alpha value is -2.58. The maximum atomic E-state index is 12.5. The SMILES string of the molecule is Cc1ccc(CN(CC(=O)N[C@H](C)c2ccc3c(c2)OCCO3)S(C)(=O)=O)cc1. The fraction of sp³-hybridized carbons (Fsp3) is 0.381. The third-order valence-corrected chi connectivity index (χ3v) is 5.91. The Bertz CT molecular complexity index is 973. The molecule has 1 N–H and O–H groups in total. The summed E-state index contributed by atoms with van der Waals surface area (Å²) in [6.45, 7) is 4.70. The predicted molar refractivity (Wildman–Crippen MR) is 110 cm³/mol. The predicted octanol–water partition coefficient (Wildman–Crippen LogP) is 2.41. The van der Waals surface area contributed by atoms with Crippen LogP contribution in [0.4, 0.5) is 0 Å². The van der Waals surface area contributed by atoms with Crippen molar-refractivity contribution in [2.75, 3.05) is 26.0 Å². The summed E-state index contributed by atoms with van der Waals surface area (Å²) in [4.78, 5) is 12.5. The molecule has 0 saturated heterocycles. The van der Waals surface area contributed by atoms with Gasteiger partial charge in [-0.05, 0) is 37.1 Å². The van der Waals surface area contributed by atoms with Crippen LogP contribution in [0.25, 0.3) is 0 Å². The van der Waals surface area contributed by atoms with Gasteiger partial charge in [0.05, 0.1) is 18.8 Å². The van der Waals surface area contributed by atoms with Crippen molar-refractivity contribution in [1.82, 2.24) is 9.62 Å². The summed E-state index contributed by atoms with van der Waals surface area (Å²) in [5.41, 5.74) is 2.77. The van der Waals surface area contributed by atoms with Gasteiger partial charge in [-0.2, -0.15) is 4.31 Å². The van der Waals surface area contributed by atoms with Crippen LogP contribution >= 0.6 is 0 Å². The van der Waals surface area contributed by atoms with E-state index in [0.29, 0.717) is 24.7 Å². The van der Waals surface area contributed by atoms with Gasteiger partial charge in [0.25, 0.3) is 0 Å². The summed E-state index contributed by atoms with van der Waals surface area (Å²) in [6.07, 6.45) is 1.11. The van der Waals surface area contributed by atoms with Crippen LogP contribution in [-0.2, 0) is 21.4 Å². The molecule has 0 fully saturated rings. The Kier molecular flexibility index (Phi) is 6.44. The minimum atomic E-state index is -3.54. The van der Waals surface area contributed by atoms with Crippen LogP contribution < -0.4 is 14.8 Å². The van der Waals surface area contributed by atoms with Crippen molar-refractivity contribution in [1.29, 1.82) is 0 Å². The Balaban J connectivity index is 1.65. The number of carbonyl (C=O) groups excluding carboxylic acids is 1. The molecule has 0 spiro atoms. The number of carbonyl (C=O) groups is 1. The van der Waals surface area contributed by atoms with Crippen molar-refractivity contribution in [3.05, 3.63) is 59.2 Å². The van der Waals surface area contributed by atoms with Gasteiger partial charge in [-0.15, -0.1) is 0 Å².